The summed E-state index contributed by atoms with van der Waals surface area (Å²) in [6.07, 6.45) is -0.248. The van der Waals surface area contributed by atoms with Gasteiger partial charge in [0, 0.05) is 44.6 Å². The monoisotopic (exact) mass is 642 g/mol. The second-order valence-corrected chi connectivity index (χ2v) is 14.3. The van der Waals surface area contributed by atoms with Gasteiger partial charge in [-0.25, -0.2) is 13.2 Å². The van der Waals surface area contributed by atoms with Crippen LogP contribution in [0.25, 0.3) is 5.57 Å². The molecule has 2 amide bonds. The number of anilines is 1. The van der Waals surface area contributed by atoms with Crippen LogP contribution in [-0.4, -0.2) is 99.7 Å². The zero-order chi connectivity index (χ0) is 32.3. The maximum atomic E-state index is 14.1. The SMILES string of the molecule is CC(C)CN(C[C@@H](O)[C@H](Cc1ccccc1)NC(=O)O[C@H]1COC2OCCC21)S(=O)(=O)c1ccc2c(c1)/C(=C/N(C)C)C(=O)N2. The molecule has 3 aliphatic heterocycles. The smallest absolute Gasteiger partial charge is 0.407 e. The van der Waals surface area contributed by atoms with E-state index >= 15 is 0 Å². The van der Waals surface area contributed by atoms with Crippen molar-refractivity contribution in [2.24, 2.45) is 11.8 Å². The van der Waals surface area contributed by atoms with Crippen LogP contribution in [0.3, 0.4) is 0 Å². The van der Waals surface area contributed by atoms with Gasteiger partial charge < -0.3 is 34.9 Å². The molecule has 2 unspecified atom stereocenters. The largest absolute Gasteiger partial charge is 0.443 e. The third kappa shape index (κ3) is 7.67. The lowest BCUT2D eigenvalue weighted by atomic mass is 10.0. The van der Waals surface area contributed by atoms with E-state index in [1.807, 2.05) is 44.2 Å². The van der Waals surface area contributed by atoms with Crippen LogP contribution in [0.15, 0.2) is 59.6 Å². The lowest BCUT2D eigenvalue weighted by Crippen LogP contribution is -2.51. The Balaban J connectivity index is 1.37. The molecule has 2 fully saturated rings. The van der Waals surface area contributed by atoms with Crippen LogP contribution in [0.5, 0.6) is 0 Å². The molecule has 45 heavy (non-hydrogen) atoms. The van der Waals surface area contributed by atoms with Crippen LogP contribution in [0.2, 0.25) is 0 Å². The normalized spacial score (nSPS) is 23.1. The summed E-state index contributed by atoms with van der Waals surface area (Å²) in [5, 5.41) is 17.1. The first-order valence-corrected chi connectivity index (χ1v) is 16.6. The van der Waals surface area contributed by atoms with E-state index in [1.165, 1.54) is 16.4 Å². The maximum absolute atomic E-state index is 14.1. The van der Waals surface area contributed by atoms with Crippen LogP contribution >= 0.6 is 0 Å². The summed E-state index contributed by atoms with van der Waals surface area (Å²) in [4.78, 5) is 27.4. The topological polar surface area (TPSA) is 147 Å². The fraction of sp³-hybridized carbons (Fsp3) is 0.500. The van der Waals surface area contributed by atoms with Gasteiger partial charge in [0.2, 0.25) is 10.0 Å². The summed E-state index contributed by atoms with van der Waals surface area (Å²) in [5.41, 5.74) is 2.22. The molecule has 2 aromatic rings. The number of carbonyl (C=O) groups excluding carboxylic acids is 2. The Morgan fingerprint density at radius 3 is 2.62 bits per heavy atom. The van der Waals surface area contributed by atoms with Crippen LogP contribution in [0.4, 0.5) is 10.5 Å². The first kappa shape index (κ1) is 32.9. The molecule has 5 rings (SSSR count). The molecule has 0 saturated carbocycles. The average molecular weight is 643 g/mol. The van der Waals surface area contributed by atoms with Gasteiger partial charge in [-0.2, -0.15) is 4.31 Å². The number of nitrogens with one attached hydrogen (secondary N) is 2. The molecular formula is C32H42N4O8S. The van der Waals surface area contributed by atoms with Gasteiger partial charge in [-0.1, -0.05) is 44.2 Å². The molecule has 0 spiro atoms. The lowest BCUT2D eigenvalue weighted by molar-refractivity contribution is -0.110. The van der Waals surface area contributed by atoms with Gasteiger partial charge in [-0.05, 0) is 42.5 Å². The molecule has 13 heteroatoms. The Morgan fingerprint density at radius 2 is 1.91 bits per heavy atom. The van der Waals surface area contributed by atoms with Crippen LogP contribution in [0, 0.1) is 11.8 Å². The number of aliphatic hydroxyl groups excluding tert-OH is 1. The van der Waals surface area contributed by atoms with E-state index in [4.69, 9.17) is 14.2 Å². The molecular weight excluding hydrogens is 600 g/mol. The second-order valence-electron chi connectivity index (χ2n) is 12.4. The van der Waals surface area contributed by atoms with Crippen LogP contribution < -0.4 is 10.6 Å². The number of hydrogen-bond donors (Lipinski definition) is 3. The van der Waals surface area contributed by atoms with E-state index in [-0.39, 0.29) is 55.0 Å². The molecule has 5 atom stereocenters. The van der Waals surface area contributed by atoms with Gasteiger partial charge in [-0.15, -0.1) is 0 Å². The number of fused-ring (bicyclic) bond motifs is 2. The highest BCUT2D eigenvalue weighted by Gasteiger charge is 2.44. The van der Waals surface area contributed by atoms with Gasteiger partial charge in [-0.3, -0.25) is 4.79 Å². The fourth-order valence-electron chi connectivity index (χ4n) is 5.90. The summed E-state index contributed by atoms with van der Waals surface area (Å²) in [6.45, 7) is 4.38. The zero-order valence-corrected chi connectivity index (χ0v) is 26.8. The highest BCUT2D eigenvalue weighted by atomic mass is 32.2. The molecule has 0 radical (unpaired) electrons. The van der Waals surface area contributed by atoms with Crippen LogP contribution in [0.1, 0.15) is 31.4 Å². The third-order valence-corrected chi connectivity index (χ3v) is 9.90. The van der Waals surface area contributed by atoms with Gasteiger partial charge in [0.25, 0.3) is 5.91 Å². The summed E-state index contributed by atoms with van der Waals surface area (Å²) >= 11 is 0. The van der Waals surface area contributed by atoms with E-state index in [0.29, 0.717) is 23.4 Å². The molecule has 12 nitrogen and oxygen atoms in total. The number of benzene rings is 2. The fourth-order valence-corrected chi connectivity index (χ4v) is 7.55. The molecule has 244 valence electrons. The number of sulfonamides is 1. The van der Waals surface area contributed by atoms with Crippen LogP contribution in [-0.2, 0) is 35.4 Å². The number of carbonyl (C=O) groups is 2. The first-order chi connectivity index (χ1) is 21.4. The van der Waals surface area contributed by atoms with Crippen molar-refractivity contribution in [1.29, 1.82) is 0 Å². The predicted octanol–water partition coefficient (Wildman–Crippen LogP) is 2.65. The van der Waals surface area contributed by atoms with E-state index in [0.717, 1.165) is 12.0 Å². The summed E-state index contributed by atoms with van der Waals surface area (Å²) in [7, 11) is -0.567. The van der Waals surface area contributed by atoms with Gasteiger partial charge >= 0.3 is 6.09 Å². The third-order valence-electron chi connectivity index (χ3n) is 8.07. The standard InChI is InChI=1S/C32H42N4O8S/c1-20(2)16-36(45(40,41)22-10-11-26-24(15-22)25(17-35(3)4)30(38)33-26)18-28(37)27(14-21-8-6-5-7-9-21)34-32(39)44-29-19-43-31-23(29)12-13-42-31/h5-11,15,17,20,23,27-29,31,37H,12-14,16,18-19H2,1-4H3,(H,33,38)(H,34,39)/b25-17-/t23?,27-,28+,29-,31?/m0/s1. The molecule has 3 aliphatic rings. The minimum absolute atomic E-state index is 0.00296. The lowest BCUT2D eigenvalue weighted by Gasteiger charge is -2.31. The Labute approximate surface area is 264 Å². The van der Waals surface area contributed by atoms with E-state index in [9.17, 15) is 23.1 Å². The van der Waals surface area contributed by atoms with Gasteiger partial charge in [0.1, 0.15) is 6.10 Å². The molecule has 3 heterocycles. The zero-order valence-electron chi connectivity index (χ0n) is 26.0. The summed E-state index contributed by atoms with van der Waals surface area (Å²) in [5.74, 6) is -0.432. The predicted molar refractivity (Wildman–Crippen MR) is 167 cm³/mol. The Kier molecular flexibility index (Phi) is 10.1. The van der Waals surface area contributed by atoms with E-state index in [2.05, 4.69) is 10.6 Å². The minimum Gasteiger partial charge on any atom is -0.443 e. The Morgan fingerprint density at radius 1 is 1.16 bits per heavy atom. The highest BCUT2D eigenvalue weighted by Crippen LogP contribution is 2.35. The number of nitrogens with zero attached hydrogens (tertiary/aromatic N) is 2. The van der Waals surface area contributed by atoms with E-state index in [1.54, 1.807) is 31.3 Å². The van der Waals surface area contributed by atoms with Crippen molar-refractivity contribution in [3.63, 3.8) is 0 Å². The second kappa shape index (κ2) is 13.9. The van der Waals surface area contributed by atoms with Crippen molar-refractivity contribution >= 4 is 33.3 Å². The van der Waals surface area contributed by atoms with Crippen molar-refractivity contribution in [3.8, 4) is 0 Å². The number of rotatable bonds is 12. The Bertz CT molecular complexity index is 1510. The number of amides is 2. The van der Waals surface area contributed by atoms with Crippen molar-refractivity contribution < 1.29 is 37.3 Å². The minimum atomic E-state index is -4.13. The Hall–Kier alpha value is -3.49. The number of hydrogen-bond acceptors (Lipinski definition) is 9. The number of ether oxygens (including phenoxy) is 3. The number of alkyl carbamates (subject to hydrolysis) is 1. The quantitative estimate of drug-likeness (QED) is 0.298. The molecule has 2 aromatic carbocycles. The van der Waals surface area contributed by atoms with E-state index < -0.39 is 34.4 Å². The highest BCUT2D eigenvalue weighted by molar-refractivity contribution is 7.89. The van der Waals surface area contributed by atoms with Gasteiger partial charge in [0.05, 0.1) is 41.7 Å². The maximum Gasteiger partial charge on any atom is 0.407 e. The summed E-state index contributed by atoms with van der Waals surface area (Å²) in [6, 6.07) is 13.0. The van der Waals surface area contributed by atoms with Crippen molar-refractivity contribution in [1.82, 2.24) is 14.5 Å². The molecule has 0 aliphatic carbocycles. The molecule has 3 N–H and O–H groups in total. The summed E-state index contributed by atoms with van der Waals surface area (Å²) < 4.78 is 46.2. The van der Waals surface area contributed by atoms with Gasteiger partial charge in [0.15, 0.2) is 6.29 Å². The molecule has 2 saturated heterocycles. The number of aliphatic hydroxyl groups is 1. The van der Waals surface area contributed by atoms with Crippen molar-refractivity contribution in [2.45, 2.75) is 56.1 Å². The molecule has 0 bridgehead atoms. The van der Waals surface area contributed by atoms with Crippen molar-refractivity contribution in [2.75, 3.05) is 45.7 Å². The average Bonchev–Trinajstić information content (AvgIpc) is 3.68. The first-order valence-electron chi connectivity index (χ1n) is 15.2. The molecule has 0 aromatic heterocycles. The van der Waals surface area contributed by atoms with Crippen molar-refractivity contribution in [3.05, 3.63) is 65.9 Å².